The Morgan fingerprint density at radius 2 is 2.11 bits per heavy atom. The van der Waals surface area contributed by atoms with Gasteiger partial charge < -0.3 is 4.90 Å². The fourth-order valence-corrected chi connectivity index (χ4v) is 4.27. The van der Waals surface area contributed by atoms with E-state index in [1.54, 1.807) is 6.20 Å². The molecule has 1 fully saturated rings. The largest absolute Gasteiger partial charge is 0.369 e. The van der Waals surface area contributed by atoms with Gasteiger partial charge in [0.2, 0.25) is 0 Å². The molecule has 6 nitrogen and oxygen atoms in total. The third-order valence-electron chi connectivity index (χ3n) is 5.36. The van der Waals surface area contributed by atoms with E-state index in [9.17, 15) is 5.26 Å². The molecule has 1 saturated heterocycles. The second kappa shape index (κ2) is 6.77. The third kappa shape index (κ3) is 2.76. The molecule has 1 atom stereocenters. The maximum Gasteiger partial charge on any atom is 0.160 e. The van der Waals surface area contributed by atoms with Gasteiger partial charge in [-0.15, -0.1) is 10.2 Å². The van der Waals surface area contributed by atoms with E-state index in [4.69, 9.17) is 11.6 Å². The molecular weight excluding hydrogens is 372 g/mol. The molecule has 1 aliphatic heterocycles. The first-order chi connectivity index (χ1) is 13.7. The minimum atomic E-state index is 0.236. The van der Waals surface area contributed by atoms with Crippen molar-refractivity contribution in [2.24, 2.45) is 0 Å². The van der Waals surface area contributed by atoms with Crippen LogP contribution < -0.4 is 4.90 Å². The van der Waals surface area contributed by atoms with Crippen LogP contribution in [-0.4, -0.2) is 32.7 Å². The molecule has 28 heavy (non-hydrogen) atoms. The van der Waals surface area contributed by atoms with Crippen LogP contribution in [0.15, 0.2) is 48.8 Å². The van der Waals surface area contributed by atoms with Crippen molar-refractivity contribution in [1.29, 1.82) is 5.26 Å². The summed E-state index contributed by atoms with van der Waals surface area (Å²) in [5.41, 5.74) is 3.18. The van der Waals surface area contributed by atoms with Crippen molar-refractivity contribution in [1.82, 2.24) is 19.6 Å². The maximum absolute atomic E-state index is 9.69. The molecule has 0 N–H and O–H groups in total. The van der Waals surface area contributed by atoms with Gasteiger partial charge in [0.25, 0.3) is 0 Å². The molecule has 7 heteroatoms. The number of nitriles is 1. The van der Waals surface area contributed by atoms with Crippen LogP contribution in [0.5, 0.6) is 0 Å². The number of nitrogens with zero attached hydrogens (tertiary/aromatic N) is 6. The average Bonchev–Trinajstić information content (AvgIpc) is 3.17. The standard InChI is InChI=1S/C21H17ClN6/c22-16-6-7-18-17(10-16)20(15(11-23)12-24-18)27-8-3-4-14(13-27)21-26-25-19-5-1-2-9-28(19)21/h1-2,5-7,9-10,12,14H,3-4,8,13H2. The number of aromatic nitrogens is 4. The number of hydrogen-bond donors (Lipinski definition) is 0. The molecule has 0 bridgehead atoms. The topological polar surface area (TPSA) is 70.1 Å². The van der Waals surface area contributed by atoms with Crippen molar-refractivity contribution < 1.29 is 0 Å². The summed E-state index contributed by atoms with van der Waals surface area (Å²) in [5, 5.41) is 20.0. The number of pyridine rings is 2. The number of halogens is 1. The minimum absolute atomic E-state index is 0.236. The minimum Gasteiger partial charge on any atom is -0.369 e. The fourth-order valence-electron chi connectivity index (χ4n) is 4.10. The smallest absolute Gasteiger partial charge is 0.160 e. The molecule has 0 aliphatic carbocycles. The van der Waals surface area contributed by atoms with E-state index in [1.165, 1.54) is 0 Å². The molecule has 0 spiro atoms. The van der Waals surface area contributed by atoms with Crippen LogP contribution in [0.4, 0.5) is 5.69 Å². The fraction of sp³-hybridized carbons (Fsp3) is 0.238. The summed E-state index contributed by atoms with van der Waals surface area (Å²) < 4.78 is 2.06. The lowest BCUT2D eigenvalue weighted by molar-refractivity contribution is 0.489. The zero-order valence-corrected chi connectivity index (χ0v) is 15.8. The van der Waals surface area contributed by atoms with Crippen LogP contribution in [-0.2, 0) is 0 Å². The number of rotatable bonds is 2. The predicted molar refractivity (Wildman–Crippen MR) is 109 cm³/mol. The van der Waals surface area contributed by atoms with Crippen molar-refractivity contribution in [2.75, 3.05) is 18.0 Å². The maximum atomic E-state index is 9.69. The Morgan fingerprint density at radius 3 is 3.00 bits per heavy atom. The van der Waals surface area contributed by atoms with E-state index in [1.807, 2.05) is 42.6 Å². The summed E-state index contributed by atoms with van der Waals surface area (Å²) in [7, 11) is 0. The molecule has 0 radical (unpaired) electrons. The highest BCUT2D eigenvalue weighted by molar-refractivity contribution is 6.31. The Hall–Kier alpha value is -3.17. The lowest BCUT2D eigenvalue weighted by atomic mass is 9.95. The van der Waals surface area contributed by atoms with Crippen molar-refractivity contribution in [2.45, 2.75) is 18.8 Å². The van der Waals surface area contributed by atoms with E-state index >= 15 is 0 Å². The molecule has 1 aromatic carbocycles. The number of piperidine rings is 1. The van der Waals surface area contributed by atoms with Gasteiger partial charge in [0.1, 0.15) is 11.9 Å². The van der Waals surface area contributed by atoms with Crippen LogP contribution in [0.3, 0.4) is 0 Å². The molecule has 3 aromatic heterocycles. The van der Waals surface area contributed by atoms with Gasteiger partial charge in [0, 0.05) is 41.8 Å². The van der Waals surface area contributed by atoms with Crippen molar-refractivity contribution >= 4 is 33.8 Å². The molecule has 1 aliphatic rings. The molecule has 1 unspecified atom stereocenters. The zero-order chi connectivity index (χ0) is 19.1. The monoisotopic (exact) mass is 388 g/mol. The van der Waals surface area contributed by atoms with Crippen molar-refractivity contribution in [3.05, 3.63) is 65.2 Å². The molecule has 4 aromatic rings. The highest BCUT2D eigenvalue weighted by atomic mass is 35.5. The average molecular weight is 389 g/mol. The summed E-state index contributed by atoms with van der Waals surface area (Å²) >= 11 is 6.25. The first kappa shape index (κ1) is 17.0. The van der Waals surface area contributed by atoms with Crippen molar-refractivity contribution in [3.63, 3.8) is 0 Å². The highest BCUT2D eigenvalue weighted by Gasteiger charge is 2.27. The second-order valence-electron chi connectivity index (χ2n) is 7.07. The van der Waals surface area contributed by atoms with E-state index in [0.717, 1.165) is 54.0 Å². The Bertz CT molecular complexity index is 1220. The van der Waals surface area contributed by atoms with Gasteiger partial charge in [0.15, 0.2) is 5.65 Å². The zero-order valence-electron chi connectivity index (χ0n) is 15.1. The predicted octanol–water partition coefficient (Wildman–Crippen LogP) is 4.19. The van der Waals surface area contributed by atoms with Crippen LogP contribution >= 0.6 is 11.6 Å². The lowest BCUT2D eigenvalue weighted by Crippen LogP contribution is -2.35. The SMILES string of the molecule is N#Cc1cnc2ccc(Cl)cc2c1N1CCCC(c2nnc3ccccn23)C1. The number of hydrogen-bond acceptors (Lipinski definition) is 5. The quantitative estimate of drug-likeness (QED) is 0.515. The van der Waals surface area contributed by atoms with E-state index in [2.05, 4.69) is 30.6 Å². The van der Waals surface area contributed by atoms with Crippen LogP contribution in [0.25, 0.3) is 16.6 Å². The molecule has 138 valence electrons. The summed E-state index contributed by atoms with van der Waals surface area (Å²) in [6.45, 7) is 1.66. The summed E-state index contributed by atoms with van der Waals surface area (Å²) in [5.74, 6) is 1.20. The van der Waals surface area contributed by atoms with E-state index in [0.29, 0.717) is 10.6 Å². The molecular formula is C21H17ClN6. The number of benzene rings is 1. The van der Waals surface area contributed by atoms with Crippen molar-refractivity contribution in [3.8, 4) is 6.07 Å². The van der Waals surface area contributed by atoms with E-state index < -0.39 is 0 Å². The summed E-state index contributed by atoms with van der Waals surface area (Å²) in [4.78, 5) is 6.70. The van der Waals surface area contributed by atoms with Crippen LogP contribution in [0, 0.1) is 11.3 Å². The lowest BCUT2D eigenvalue weighted by Gasteiger charge is -2.34. The molecule has 0 amide bonds. The molecule has 4 heterocycles. The van der Waals surface area contributed by atoms with Gasteiger partial charge in [-0.2, -0.15) is 5.26 Å². The Kier molecular flexibility index (Phi) is 4.10. The number of fused-ring (bicyclic) bond motifs is 2. The van der Waals surface area contributed by atoms with Gasteiger partial charge in [-0.3, -0.25) is 9.38 Å². The van der Waals surface area contributed by atoms with Crippen LogP contribution in [0.1, 0.15) is 30.1 Å². The molecule has 5 rings (SSSR count). The molecule has 0 saturated carbocycles. The van der Waals surface area contributed by atoms with Gasteiger partial charge in [-0.1, -0.05) is 17.7 Å². The third-order valence-corrected chi connectivity index (χ3v) is 5.60. The number of anilines is 1. The van der Waals surface area contributed by atoms with Gasteiger partial charge in [-0.05, 0) is 43.2 Å². The Labute approximate surface area is 167 Å². The van der Waals surface area contributed by atoms with Crippen LogP contribution in [0.2, 0.25) is 5.02 Å². The van der Waals surface area contributed by atoms with Gasteiger partial charge in [0.05, 0.1) is 16.8 Å². The summed E-state index contributed by atoms with van der Waals surface area (Å²) in [6.07, 6.45) is 5.72. The van der Waals surface area contributed by atoms with Gasteiger partial charge in [-0.25, -0.2) is 0 Å². The summed E-state index contributed by atoms with van der Waals surface area (Å²) in [6, 6.07) is 13.8. The Morgan fingerprint density at radius 1 is 1.18 bits per heavy atom. The Balaban J connectivity index is 1.59. The highest BCUT2D eigenvalue weighted by Crippen LogP contribution is 2.36. The van der Waals surface area contributed by atoms with Gasteiger partial charge >= 0.3 is 0 Å². The van der Waals surface area contributed by atoms with E-state index in [-0.39, 0.29) is 5.92 Å². The first-order valence-corrected chi connectivity index (χ1v) is 9.65. The normalized spacial score (nSPS) is 17.1. The second-order valence-corrected chi connectivity index (χ2v) is 7.50. The first-order valence-electron chi connectivity index (χ1n) is 9.27.